The molecule has 1 aromatic heterocycles. The molecular formula is C17H20N4OS. The van der Waals surface area contributed by atoms with Crippen molar-refractivity contribution < 1.29 is 4.79 Å². The molecule has 0 aliphatic carbocycles. The Morgan fingerprint density at radius 3 is 2.74 bits per heavy atom. The highest BCUT2D eigenvalue weighted by atomic mass is 32.2. The number of aromatic nitrogens is 2. The van der Waals surface area contributed by atoms with Crippen molar-refractivity contribution in [3.8, 4) is 6.07 Å². The molecule has 5 nitrogen and oxygen atoms in total. The molecule has 0 radical (unpaired) electrons. The molecule has 6 heteroatoms. The van der Waals surface area contributed by atoms with E-state index in [9.17, 15) is 10.1 Å². The molecule has 120 valence electrons. The van der Waals surface area contributed by atoms with Crippen LogP contribution in [0.2, 0.25) is 0 Å². The van der Waals surface area contributed by atoms with Crippen molar-refractivity contribution in [1.82, 2.24) is 15.3 Å². The summed E-state index contributed by atoms with van der Waals surface area (Å²) in [5, 5.41) is 13.8. The van der Waals surface area contributed by atoms with Gasteiger partial charge in [-0.25, -0.2) is 9.97 Å². The van der Waals surface area contributed by atoms with E-state index in [0.29, 0.717) is 5.82 Å². The van der Waals surface area contributed by atoms with Crippen LogP contribution in [0.4, 0.5) is 0 Å². The Bertz CT molecular complexity index is 769. The predicted octanol–water partition coefficient (Wildman–Crippen LogP) is 3.08. The number of fused-ring (bicyclic) bond motifs is 1. The number of thioether (sulfide) groups is 1. The van der Waals surface area contributed by atoms with Gasteiger partial charge in [0.1, 0.15) is 16.4 Å². The lowest BCUT2D eigenvalue weighted by atomic mass is 9.90. The minimum atomic E-state index is -0.860. The average molecular weight is 328 g/mol. The zero-order chi connectivity index (χ0) is 17.0. The van der Waals surface area contributed by atoms with Crippen LogP contribution in [0.1, 0.15) is 26.6 Å². The quantitative estimate of drug-likeness (QED) is 0.674. The van der Waals surface area contributed by atoms with Gasteiger partial charge in [0, 0.05) is 5.39 Å². The molecule has 1 amide bonds. The lowest BCUT2D eigenvalue weighted by Gasteiger charge is -2.27. The maximum absolute atomic E-state index is 12.2. The van der Waals surface area contributed by atoms with Crippen molar-refractivity contribution in [3.63, 3.8) is 0 Å². The number of amides is 1. The third-order valence-corrected chi connectivity index (χ3v) is 4.80. The van der Waals surface area contributed by atoms with Crippen LogP contribution >= 0.6 is 11.8 Å². The normalized spacial score (nSPS) is 13.6. The van der Waals surface area contributed by atoms with E-state index in [4.69, 9.17) is 0 Å². The number of carbonyl (C=O) groups is 1. The Labute approximate surface area is 140 Å². The Morgan fingerprint density at radius 1 is 1.39 bits per heavy atom. The van der Waals surface area contributed by atoms with E-state index in [2.05, 4.69) is 21.4 Å². The van der Waals surface area contributed by atoms with E-state index in [1.54, 1.807) is 6.92 Å². The Morgan fingerprint density at radius 2 is 2.09 bits per heavy atom. The van der Waals surface area contributed by atoms with Gasteiger partial charge in [0.05, 0.1) is 17.3 Å². The SMILES string of the molecule is Cc1nc(SCC(=O)N[C@@](C)(C#N)C(C)C)c2ccccc2n1. The highest BCUT2D eigenvalue weighted by molar-refractivity contribution is 8.00. The Hall–Kier alpha value is -2.13. The maximum atomic E-state index is 12.2. The summed E-state index contributed by atoms with van der Waals surface area (Å²) in [6, 6.07) is 9.91. The molecule has 2 rings (SSSR count). The molecule has 0 saturated carbocycles. The third-order valence-electron chi connectivity index (χ3n) is 3.81. The molecule has 0 unspecified atom stereocenters. The summed E-state index contributed by atoms with van der Waals surface area (Å²) in [6.07, 6.45) is 0. The van der Waals surface area contributed by atoms with Crippen molar-refractivity contribution in [2.45, 2.75) is 38.3 Å². The fourth-order valence-electron chi connectivity index (χ4n) is 2.03. The lowest BCUT2D eigenvalue weighted by Crippen LogP contribution is -2.49. The molecule has 2 aromatic rings. The number of benzene rings is 1. The van der Waals surface area contributed by atoms with Gasteiger partial charge < -0.3 is 5.32 Å². The highest BCUT2D eigenvalue weighted by Gasteiger charge is 2.29. The molecule has 1 atom stereocenters. The van der Waals surface area contributed by atoms with Gasteiger partial charge in [-0.3, -0.25) is 4.79 Å². The van der Waals surface area contributed by atoms with Gasteiger partial charge in [-0.15, -0.1) is 0 Å². The van der Waals surface area contributed by atoms with Crippen LogP contribution in [0.5, 0.6) is 0 Å². The van der Waals surface area contributed by atoms with Gasteiger partial charge in [-0.1, -0.05) is 43.8 Å². The minimum Gasteiger partial charge on any atom is -0.337 e. The summed E-state index contributed by atoms with van der Waals surface area (Å²) in [7, 11) is 0. The second-order valence-electron chi connectivity index (χ2n) is 5.90. The topological polar surface area (TPSA) is 78.7 Å². The summed E-state index contributed by atoms with van der Waals surface area (Å²) in [5.41, 5.74) is 0.00773. The number of hydrogen-bond donors (Lipinski definition) is 1. The van der Waals surface area contributed by atoms with E-state index < -0.39 is 5.54 Å². The average Bonchev–Trinajstić information content (AvgIpc) is 2.52. The molecule has 1 N–H and O–H groups in total. The summed E-state index contributed by atoms with van der Waals surface area (Å²) in [6.45, 7) is 7.41. The summed E-state index contributed by atoms with van der Waals surface area (Å²) < 4.78 is 0. The fraction of sp³-hybridized carbons (Fsp3) is 0.412. The number of aryl methyl sites for hydroxylation is 1. The summed E-state index contributed by atoms with van der Waals surface area (Å²) in [5.74, 6) is 0.747. The van der Waals surface area contributed by atoms with Crippen LogP contribution in [0, 0.1) is 24.2 Å². The van der Waals surface area contributed by atoms with E-state index >= 15 is 0 Å². The number of nitrogens with zero attached hydrogens (tertiary/aromatic N) is 3. The van der Waals surface area contributed by atoms with Crippen molar-refractivity contribution in [3.05, 3.63) is 30.1 Å². The van der Waals surface area contributed by atoms with Gasteiger partial charge in [-0.05, 0) is 25.8 Å². The van der Waals surface area contributed by atoms with E-state index in [-0.39, 0.29) is 17.6 Å². The molecule has 1 aromatic carbocycles. The lowest BCUT2D eigenvalue weighted by molar-refractivity contribution is -0.120. The maximum Gasteiger partial charge on any atom is 0.231 e. The van der Waals surface area contributed by atoms with E-state index in [1.807, 2.05) is 45.0 Å². The van der Waals surface area contributed by atoms with Gasteiger partial charge >= 0.3 is 0 Å². The van der Waals surface area contributed by atoms with Gasteiger partial charge in [0.2, 0.25) is 5.91 Å². The van der Waals surface area contributed by atoms with Gasteiger partial charge in [0.25, 0.3) is 0 Å². The van der Waals surface area contributed by atoms with Crippen LogP contribution in [-0.2, 0) is 4.79 Å². The molecule has 0 aliphatic heterocycles. The van der Waals surface area contributed by atoms with Crippen LogP contribution in [0.3, 0.4) is 0 Å². The first-order valence-electron chi connectivity index (χ1n) is 7.44. The number of rotatable bonds is 5. The largest absolute Gasteiger partial charge is 0.337 e. The van der Waals surface area contributed by atoms with Crippen molar-refractivity contribution >= 4 is 28.6 Å². The first kappa shape index (κ1) is 17.2. The number of hydrogen-bond acceptors (Lipinski definition) is 5. The van der Waals surface area contributed by atoms with Gasteiger partial charge in [-0.2, -0.15) is 5.26 Å². The fourth-order valence-corrected chi connectivity index (χ4v) is 2.89. The molecule has 0 saturated heterocycles. The predicted molar refractivity (Wildman–Crippen MR) is 92.0 cm³/mol. The van der Waals surface area contributed by atoms with Crippen LogP contribution < -0.4 is 5.32 Å². The molecule has 1 heterocycles. The Balaban J connectivity index is 2.13. The Kier molecular flexibility index (Phi) is 5.22. The van der Waals surface area contributed by atoms with Crippen molar-refractivity contribution in [2.75, 3.05) is 5.75 Å². The van der Waals surface area contributed by atoms with E-state index in [1.165, 1.54) is 11.8 Å². The third kappa shape index (κ3) is 3.99. The van der Waals surface area contributed by atoms with Crippen molar-refractivity contribution in [2.24, 2.45) is 5.92 Å². The van der Waals surface area contributed by atoms with Crippen LogP contribution in [0.15, 0.2) is 29.3 Å². The molecule has 0 bridgehead atoms. The zero-order valence-corrected chi connectivity index (χ0v) is 14.6. The highest BCUT2D eigenvalue weighted by Crippen LogP contribution is 2.25. The number of para-hydroxylation sites is 1. The monoisotopic (exact) mass is 328 g/mol. The zero-order valence-electron chi connectivity index (χ0n) is 13.8. The molecule has 23 heavy (non-hydrogen) atoms. The molecule has 0 fully saturated rings. The van der Waals surface area contributed by atoms with E-state index in [0.717, 1.165) is 15.9 Å². The number of nitriles is 1. The van der Waals surface area contributed by atoms with Crippen LogP contribution in [-0.4, -0.2) is 27.2 Å². The summed E-state index contributed by atoms with van der Waals surface area (Å²) >= 11 is 1.36. The standard InChI is InChI=1S/C17H20N4OS/c1-11(2)17(4,10-18)21-15(22)9-23-16-13-7-5-6-8-14(13)19-12(3)20-16/h5-8,11H,9H2,1-4H3,(H,21,22)/t17-/m0/s1. The number of nitrogens with one attached hydrogen (secondary N) is 1. The second-order valence-corrected chi connectivity index (χ2v) is 6.86. The van der Waals surface area contributed by atoms with Gasteiger partial charge in [0.15, 0.2) is 0 Å². The smallest absolute Gasteiger partial charge is 0.231 e. The molecule has 0 spiro atoms. The second kappa shape index (κ2) is 6.97. The first-order valence-corrected chi connectivity index (χ1v) is 8.42. The van der Waals surface area contributed by atoms with Crippen molar-refractivity contribution in [1.29, 1.82) is 5.26 Å². The molecule has 0 aliphatic rings. The first-order chi connectivity index (χ1) is 10.9. The van der Waals surface area contributed by atoms with Crippen LogP contribution in [0.25, 0.3) is 10.9 Å². The number of carbonyl (C=O) groups excluding carboxylic acids is 1. The molecular weight excluding hydrogens is 308 g/mol. The summed E-state index contributed by atoms with van der Waals surface area (Å²) in [4.78, 5) is 21.0. The minimum absolute atomic E-state index is 0.0311.